The Hall–Kier alpha value is -1.63. The molecule has 1 rings (SSSR count). The predicted octanol–water partition coefficient (Wildman–Crippen LogP) is 0.763. The van der Waals surface area contributed by atoms with Crippen LogP contribution in [0.15, 0.2) is 12.7 Å². The minimum atomic E-state index is -0.374. The zero-order valence-electron chi connectivity index (χ0n) is 12.6. The highest BCUT2D eigenvalue weighted by Gasteiger charge is 2.21. The second-order valence-electron chi connectivity index (χ2n) is 6.06. The summed E-state index contributed by atoms with van der Waals surface area (Å²) < 4.78 is 1.67. The summed E-state index contributed by atoms with van der Waals surface area (Å²) in [5.41, 5.74) is -0.138. The Labute approximate surface area is 119 Å². The lowest BCUT2D eigenvalue weighted by Crippen LogP contribution is -2.45. The SMILES string of the molecule is CC(O)CC(C)(C)CNC(=O)NC(C)Cn1cncn1. The molecular formula is C13H25N5O2. The highest BCUT2D eigenvalue weighted by Crippen LogP contribution is 2.20. The molecule has 1 heterocycles. The number of amides is 2. The van der Waals surface area contributed by atoms with E-state index in [-0.39, 0.29) is 23.6 Å². The Morgan fingerprint density at radius 2 is 2.15 bits per heavy atom. The molecule has 20 heavy (non-hydrogen) atoms. The van der Waals surface area contributed by atoms with Crippen molar-refractivity contribution in [2.75, 3.05) is 6.54 Å². The minimum absolute atomic E-state index is 0.0448. The Morgan fingerprint density at radius 1 is 1.45 bits per heavy atom. The zero-order chi connectivity index (χ0) is 15.2. The fourth-order valence-electron chi connectivity index (χ4n) is 2.12. The van der Waals surface area contributed by atoms with Crippen molar-refractivity contribution in [3.63, 3.8) is 0 Å². The van der Waals surface area contributed by atoms with Gasteiger partial charge in [0.05, 0.1) is 12.6 Å². The van der Waals surface area contributed by atoms with E-state index < -0.39 is 0 Å². The number of nitrogens with one attached hydrogen (secondary N) is 2. The van der Waals surface area contributed by atoms with Crippen molar-refractivity contribution in [1.29, 1.82) is 0 Å². The number of urea groups is 1. The second-order valence-corrected chi connectivity index (χ2v) is 6.06. The number of aromatic nitrogens is 3. The van der Waals surface area contributed by atoms with Crippen LogP contribution in [0.1, 0.15) is 34.1 Å². The molecule has 2 unspecified atom stereocenters. The molecule has 0 aliphatic carbocycles. The Morgan fingerprint density at radius 3 is 2.70 bits per heavy atom. The molecule has 2 amide bonds. The van der Waals surface area contributed by atoms with Crippen LogP contribution in [-0.2, 0) is 6.54 Å². The van der Waals surface area contributed by atoms with Crippen LogP contribution in [0.25, 0.3) is 0 Å². The zero-order valence-corrected chi connectivity index (χ0v) is 12.6. The first-order valence-corrected chi connectivity index (χ1v) is 6.83. The van der Waals surface area contributed by atoms with Gasteiger partial charge in [-0.15, -0.1) is 0 Å². The number of rotatable bonds is 7. The van der Waals surface area contributed by atoms with Crippen molar-refractivity contribution < 1.29 is 9.90 Å². The van der Waals surface area contributed by atoms with Crippen LogP contribution in [0.4, 0.5) is 4.79 Å². The molecule has 0 bridgehead atoms. The molecule has 0 fully saturated rings. The van der Waals surface area contributed by atoms with Crippen LogP contribution in [0, 0.1) is 5.41 Å². The smallest absolute Gasteiger partial charge is 0.315 e. The van der Waals surface area contributed by atoms with E-state index >= 15 is 0 Å². The summed E-state index contributed by atoms with van der Waals surface area (Å²) in [7, 11) is 0. The van der Waals surface area contributed by atoms with Gasteiger partial charge in [-0.2, -0.15) is 5.10 Å². The summed E-state index contributed by atoms with van der Waals surface area (Å²) in [6.45, 7) is 8.77. The highest BCUT2D eigenvalue weighted by molar-refractivity contribution is 5.74. The van der Waals surface area contributed by atoms with Crippen LogP contribution >= 0.6 is 0 Å². The molecule has 0 aromatic carbocycles. The average molecular weight is 283 g/mol. The highest BCUT2D eigenvalue weighted by atomic mass is 16.3. The van der Waals surface area contributed by atoms with Crippen LogP contribution in [0.3, 0.4) is 0 Å². The van der Waals surface area contributed by atoms with Crippen LogP contribution in [0.2, 0.25) is 0 Å². The number of hydrogen-bond donors (Lipinski definition) is 3. The lowest BCUT2D eigenvalue weighted by molar-refractivity contribution is 0.128. The van der Waals surface area contributed by atoms with Crippen LogP contribution in [-0.4, -0.2) is 44.6 Å². The average Bonchev–Trinajstić information content (AvgIpc) is 2.77. The van der Waals surface area contributed by atoms with Gasteiger partial charge >= 0.3 is 6.03 Å². The van der Waals surface area contributed by atoms with E-state index in [1.807, 2.05) is 20.8 Å². The third-order valence-corrected chi connectivity index (χ3v) is 2.88. The Balaban J connectivity index is 2.29. The first kappa shape index (κ1) is 16.4. The Bertz CT molecular complexity index is 403. The van der Waals surface area contributed by atoms with Gasteiger partial charge in [-0.25, -0.2) is 9.78 Å². The Kier molecular flexibility index (Phi) is 5.94. The lowest BCUT2D eigenvalue weighted by atomic mass is 9.87. The monoisotopic (exact) mass is 283 g/mol. The molecule has 0 aliphatic heterocycles. The predicted molar refractivity (Wildman–Crippen MR) is 76.1 cm³/mol. The molecule has 0 radical (unpaired) electrons. The summed E-state index contributed by atoms with van der Waals surface area (Å²) in [6.07, 6.45) is 3.34. The van der Waals surface area contributed by atoms with Crippen molar-refractivity contribution in [1.82, 2.24) is 25.4 Å². The van der Waals surface area contributed by atoms with E-state index in [1.165, 1.54) is 6.33 Å². The number of aliphatic hydroxyl groups excluding tert-OH is 1. The summed E-state index contributed by atoms with van der Waals surface area (Å²) in [6, 6.07) is -0.257. The van der Waals surface area contributed by atoms with Gasteiger partial charge in [0.1, 0.15) is 12.7 Å². The number of hydrogen-bond acceptors (Lipinski definition) is 4. The van der Waals surface area contributed by atoms with Gasteiger partial charge in [-0.05, 0) is 25.7 Å². The molecule has 3 N–H and O–H groups in total. The maximum atomic E-state index is 11.8. The van der Waals surface area contributed by atoms with Gasteiger partial charge < -0.3 is 15.7 Å². The minimum Gasteiger partial charge on any atom is -0.393 e. The van der Waals surface area contributed by atoms with Crippen molar-refractivity contribution in [3.05, 3.63) is 12.7 Å². The third-order valence-electron chi connectivity index (χ3n) is 2.88. The molecule has 1 aromatic rings. The number of carbonyl (C=O) groups excluding carboxylic acids is 1. The summed E-state index contributed by atoms with van der Waals surface area (Å²) >= 11 is 0. The first-order valence-electron chi connectivity index (χ1n) is 6.83. The standard InChI is InChI=1S/C13H25N5O2/c1-10(6-18-9-14-8-16-18)17-12(20)15-7-13(3,4)5-11(2)19/h8-11,19H,5-7H2,1-4H3,(H2,15,17,20). The quantitative estimate of drug-likeness (QED) is 0.689. The van der Waals surface area contributed by atoms with Gasteiger partial charge in [0.2, 0.25) is 0 Å². The van der Waals surface area contributed by atoms with E-state index in [1.54, 1.807) is 17.9 Å². The largest absolute Gasteiger partial charge is 0.393 e. The summed E-state index contributed by atoms with van der Waals surface area (Å²) in [4.78, 5) is 15.6. The molecule has 7 nitrogen and oxygen atoms in total. The lowest BCUT2D eigenvalue weighted by Gasteiger charge is -2.26. The molecule has 1 aromatic heterocycles. The van der Waals surface area contributed by atoms with Gasteiger partial charge in [0.15, 0.2) is 0 Å². The summed E-state index contributed by atoms with van der Waals surface area (Å²) in [5.74, 6) is 0. The normalized spacial score (nSPS) is 14.7. The number of carbonyl (C=O) groups is 1. The molecule has 0 spiro atoms. The van der Waals surface area contributed by atoms with E-state index in [9.17, 15) is 9.90 Å². The fourth-order valence-corrected chi connectivity index (χ4v) is 2.12. The van der Waals surface area contributed by atoms with Gasteiger partial charge in [0.25, 0.3) is 0 Å². The van der Waals surface area contributed by atoms with Crippen molar-refractivity contribution in [3.8, 4) is 0 Å². The van der Waals surface area contributed by atoms with Crippen LogP contribution < -0.4 is 10.6 Å². The van der Waals surface area contributed by atoms with E-state index in [4.69, 9.17) is 0 Å². The second kappa shape index (κ2) is 7.23. The molecule has 7 heteroatoms. The third kappa shape index (κ3) is 6.51. The molecule has 0 saturated heterocycles. The molecule has 0 aliphatic rings. The molecule has 2 atom stereocenters. The fraction of sp³-hybridized carbons (Fsp3) is 0.769. The van der Waals surface area contributed by atoms with Crippen molar-refractivity contribution >= 4 is 6.03 Å². The van der Waals surface area contributed by atoms with E-state index in [0.717, 1.165) is 0 Å². The topological polar surface area (TPSA) is 92.1 Å². The number of aliphatic hydroxyl groups is 1. The van der Waals surface area contributed by atoms with Crippen LogP contribution in [0.5, 0.6) is 0 Å². The van der Waals surface area contributed by atoms with Gasteiger partial charge in [-0.3, -0.25) is 4.68 Å². The van der Waals surface area contributed by atoms with E-state index in [2.05, 4.69) is 20.7 Å². The van der Waals surface area contributed by atoms with Crippen molar-refractivity contribution in [2.24, 2.45) is 5.41 Å². The maximum Gasteiger partial charge on any atom is 0.315 e. The number of nitrogens with zero attached hydrogens (tertiary/aromatic N) is 3. The molecule has 0 saturated carbocycles. The summed E-state index contributed by atoms with van der Waals surface area (Å²) in [5, 5.41) is 19.1. The van der Waals surface area contributed by atoms with Gasteiger partial charge in [0, 0.05) is 12.6 Å². The van der Waals surface area contributed by atoms with Gasteiger partial charge in [-0.1, -0.05) is 13.8 Å². The maximum absolute atomic E-state index is 11.8. The molecule has 114 valence electrons. The van der Waals surface area contributed by atoms with E-state index in [0.29, 0.717) is 19.5 Å². The first-order chi connectivity index (χ1) is 9.28. The molecular weight excluding hydrogens is 258 g/mol. The van der Waals surface area contributed by atoms with Crippen molar-refractivity contribution in [2.45, 2.75) is 52.8 Å².